The molecule has 0 aliphatic rings. The van der Waals surface area contributed by atoms with E-state index in [1.165, 1.54) is 11.3 Å². The minimum Gasteiger partial charge on any atom is -0.306 e. The second kappa shape index (κ2) is 2.24. The van der Waals surface area contributed by atoms with Crippen molar-refractivity contribution in [3.63, 3.8) is 0 Å². The predicted octanol–water partition coefficient (Wildman–Crippen LogP) is 0.256. The van der Waals surface area contributed by atoms with E-state index in [1.54, 1.807) is 11.6 Å². The zero-order chi connectivity index (χ0) is 7.02. The summed E-state index contributed by atoms with van der Waals surface area (Å²) in [5.41, 5.74) is 1.04. The SMILES string of the molecule is Cc1c(P)sc(=O)n1C. The Morgan fingerprint density at radius 3 is 2.33 bits per heavy atom. The van der Waals surface area contributed by atoms with Crippen molar-refractivity contribution in [3.05, 3.63) is 15.4 Å². The van der Waals surface area contributed by atoms with Crippen molar-refractivity contribution < 1.29 is 0 Å². The third kappa shape index (κ3) is 1.07. The van der Waals surface area contributed by atoms with Crippen molar-refractivity contribution in [3.8, 4) is 0 Å². The first-order valence-corrected chi connectivity index (χ1v) is 3.94. The Labute approximate surface area is 59.7 Å². The van der Waals surface area contributed by atoms with Crippen LogP contribution in [-0.4, -0.2) is 4.57 Å². The maximum atomic E-state index is 10.8. The van der Waals surface area contributed by atoms with Gasteiger partial charge in [0.2, 0.25) is 0 Å². The van der Waals surface area contributed by atoms with Gasteiger partial charge in [-0.05, 0) is 6.92 Å². The topological polar surface area (TPSA) is 22.0 Å². The van der Waals surface area contributed by atoms with Crippen LogP contribution in [0.25, 0.3) is 0 Å². The molecule has 50 valence electrons. The summed E-state index contributed by atoms with van der Waals surface area (Å²) in [6.07, 6.45) is 0. The highest BCUT2D eigenvalue weighted by molar-refractivity contribution is 7.42. The van der Waals surface area contributed by atoms with E-state index in [0.717, 1.165) is 10.3 Å². The molecular formula is C5H8NOPS. The number of rotatable bonds is 0. The average Bonchev–Trinajstić information content (AvgIpc) is 1.98. The number of aromatic nitrogens is 1. The molecule has 0 bridgehead atoms. The third-order valence-corrected chi connectivity index (χ3v) is 3.07. The van der Waals surface area contributed by atoms with Gasteiger partial charge in [-0.3, -0.25) is 4.79 Å². The van der Waals surface area contributed by atoms with Crippen LogP contribution in [0.5, 0.6) is 0 Å². The fourth-order valence-corrected chi connectivity index (χ4v) is 1.78. The maximum Gasteiger partial charge on any atom is 0.307 e. The maximum absolute atomic E-state index is 10.8. The van der Waals surface area contributed by atoms with Crippen molar-refractivity contribution in [2.45, 2.75) is 6.92 Å². The monoisotopic (exact) mass is 161 g/mol. The molecule has 1 aromatic heterocycles. The Morgan fingerprint density at radius 1 is 1.67 bits per heavy atom. The number of hydrogen-bond acceptors (Lipinski definition) is 2. The average molecular weight is 161 g/mol. The van der Waals surface area contributed by atoms with Crippen molar-refractivity contribution in [2.24, 2.45) is 7.05 Å². The van der Waals surface area contributed by atoms with Gasteiger partial charge in [-0.25, -0.2) is 0 Å². The minimum atomic E-state index is 0.109. The molecule has 9 heavy (non-hydrogen) atoms. The van der Waals surface area contributed by atoms with Crippen molar-refractivity contribution in [2.75, 3.05) is 0 Å². The van der Waals surface area contributed by atoms with Crippen LogP contribution in [0.3, 0.4) is 0 Å². The molecule has 1 atom stereocenters. The fraction of sp³-hybridized carbons (Fsp3) is 0.400. The second-order valence-corrected chi connectivity index (χ2v) is 3.87. The molecule has 1 rings (SSSR count). The van der Waals surface area contributed by atoms with Crippen LogP contribution in [-0.2, 0) is 7.05 Å². The van der Waals surface area contributed by atoms with E-state index >= 15 is 0 Å². The lowest BCUT2D eigenvalue weighted by Gasteiger charge is -1.90. The number of nitrogens with zero attached hydrogens (tertiary/aromatic N) is 1. The van der Waals surface area contributed by atoms with Gasteiger partial charge in [0.05, 0.1) is 0 Å². The molecule has 4 heteroatoms. The van der Waals surface area contributed by atoms with Crippen LogP contribution >= 0.6 is 20.6 Å². The largest absolute Gasteiger partial charge is 0.307 e. The summed E-state index contributed by atoms with van der Waals surface area (Å²) in [6, 6.07) is 0. The molecule has 0 N–H and O–H groups in total. The molecule has 2 nitrogen and oxygen atoms in total. The van der Waals surface area contributed by atoms with Gasteiger partial charge < -0.3 is 4.57 Å². The molecule has 0 aliphatic carbocycles. The van der Waals surface area contributed by atoms with Gasteiger partial charge in [0.25, 0.3) is 0 Å². The smallest absolute Gasteiger partial charge is 0.306 e. The van der Waals surface area contributed by atoms with Crippen LogP contribution in [0, 0.1) is 6.92 Å². The zero-order valence-corrected chi connectivity index (χ0v) is 7.31. The van der Waals surface area contributed by atoms with E-state index in [1.807, 2.05) is 6.92 Å². The molecule has 1 heterocycles. The van der Waals surface area contributed by atoms with E-state index in [9.17, 15) is 4.79 Å². The molecule has 0 amide bonds. The van der Waals surface area contributed by atoms with Crippen LogP contribution in [0.4, 0.5) is 0 Å². The first-order chi connectivity index (χ1) is 4.13. The van der Waals surface area contributed by atoms with E-state index < -0.39 is 0 Å². The summed E-state index contributed by atoms with van der Waals surface area (Å²) < 4.78 is 2.68. The summed E-state index contributed by atoms with van der Waals surface area (Å²) in [7, 11) is 4.32. The Kier molecular flexibility index (Phi) is 1.73. The number of thiazole rings is 1. The van der Waals surface area contributed by atoms with Gasteiger partial charge in [0, 0.05) is 17.4 Å². The molecule has 0 aliphatic heterocycles. The highest BCUT2D eigenvalue weighted by Gasteiger charge is 2.00. The molecule has 0 saturated heterocycles. The lowest BCUT2D eigenvalue weighted by Crippen LogP contribution is -2.08. The van der Waals surface area contributed by atoms with Gasteiger partial charge in [-0.2, -0.15) is 0 Å². The van der Waals surface area contributed by atoms with Crippen LogP contribution in [0.1, 0.15) is 5.69 Å². The van der Waals surface area contributed by atoms with Gasteiger partial charge in [0.1, 0.15) is 0 Å². The first kappa shape index (κ1) is 6.97. The van der Waals surface area contributed by atoms with E-state index in [2.05, 4.69) is 9.24 Å². The van der Waals surface area contributed by atoms with Crippen LogP contribution in [0.15, 0.2) is 4.79 Å². The molecule has 1 aromatic rings. The summed E-state index contributed by atoms with van der Waals surface area (Å²) in [5, 5.41) is 0. The van der Waals surface area contributed by atoms with Crippen molar-refractivity contribution in [1.29, 1.82) is 0 Å². The Morgan fingerprint density at radius 2 is 2.22 bits per heavy atom. The molecule has 0 fully saturated rings. The zero-order valence-electron chi connectivity index (χ0n) is 5.34. The van der Waals surface area contributed by atoms with Gasteiger partial charge in [-0.15, -0.1) is 0 Å². The summed E-state index contributed by atoms with van der Waals surface area (Å²) in [6.45, 7) is 1.93. The quantitative estimate of drug-likeness (QED) is 0.500. The highest BCUT2D eigenvalue weighted by atomic mass is 32.1. The first-order valence-electron chi connectivity index (χ1n) is 2.55. The van der Waals surface area contributed by atoms with Crippen molar-refractivity contribution in [1.82, 2.24) is 4.57 Å². The summed E-state index contributed by atoms with van der Waals surface area (Å²) in [4.78, 5) is 10.9. The number of hydrogen-bond donors (Lipinski definition) is 0. The molecule has 1 unspecified atom stereocenters. The van der Waals surface area contributed by atoms with Crippen molar-refractivity contribution >= 4 is 25.2 Å². The lowest BCUT2D eigenvalue weighted by atomic mass is 10.6. The Balaban J connectivity index is 3.47. The molecule has 0 spiro atoms. The fourth-order valence-electron chi connectivity index (χ4n) is 0.539. The third-order valence-electron chi connectivity index (χ3n) is 1.33. The highest BCUT2D eigenvalue weighted by Crippen LogP contribution is 1.98. The second-order valence-electron chi connectivity index (χ2n) is 1.88. The Bertz CT molecular complexity index is 275. The van der Waals surface area contributed by atoms with E-state index in [0.29, 0.717) is 0 Å². The molecule has 0 saturated carbocycles. The van der Waals surface area contributed by atoms with E-state index in [-0.39, 0.29) is 4.87 Å². The molecular weight excluding hydrogens is 153 g/mol. The normalized spacial score (nSPS) is 10.1. The minimum absolute atomic E-state index is 0.109. The van der Waals surface area contributed by atoms with E-state index in [4.69, 9.17) is 0 Å². The molecule has 0 radical (unpaired) electrons. The predicted molar refractivity (Wildman–Crippen MR) is 43.6 cm³/mol. The van der Waals surface area contributed by atoms with Gasteiger partial charge >= 0.3 is 4.87 Å². The lowest BCUT2D eigenvalue weighted by molar-refractivity contribution is 0.858. The Hall–Kier alpha value is -0.140. The summed E-state index contributed by atoms with van der Waals surface area (Å²) in [5.74, 6) is 0. The van der Waals surface area contributed by atoms with Crippen LogP contribution < -0.4 is 9.49 Å². The van der Waals surface area contributed by atoms with Gasteiger partial charge in [0.15, 0.2) is 0 Å². The molecule has 0 aromatic carbocycles. The van der Waals surface area contributed by atoms with Gasteiger partial charge in [-0.1, -0.05) is 20.6 Å². The standard InChI is InChI=1S/C5H8NOPS/c1-3-4(8)9-5(7)6(3)2/h8H2,1-2H3. The van der Waals surface area contributed by atoms with Crippen LogP contribution in [0.2, 0.25) is 0 Å². The summed E-state index contributed by atoms with van der Waals surface area (Å²) >= 11 is 1.27.